The number of aliphatic carboxylic acids is 2. The van der Waals surface area contributed by atoms with Crippen LogP contribution in [0.1, 0.15) is 54.6 Å². The summed E-state index contributed by atoms with van der Waals surface area (Å²) < 4.78 is 6.05. The van der Waals surface area contributed by atoms with Crippen LogP contribution in [0.2, 0.25) is 0 Å². The highest BCUT2D eigenvalue weighted by atomic mass is 16.5. The molecule has 3 aromatic carbocycles. The number of benzene rings is 3. The van der Waals surface area contributed by atoms with Gasteiger partial charge < -0.3 is 30.1 Å². The summed E-state index contributed by atoms with van der Waals surface area (Å²) in [6, 6.07) is 27.1. The molecule has 1 heterocycles. The summed E-state index contributed by atoms with van der Waals surface area (Å²) >= 11 is 0. The molecule has 2 amide bonds. The molecular formula is C38H50N4O7. The molecule has 1 unspecified atom stereocenters. The van der Waals surface area contributed by atoms with E-state index in [9.17, 15) is 9.59 Å². The number of carboxylic acids is 2. The van der Waals surface area contributed by atoms with Gasteiger partial charge in [0, 0.05) is 64.3 Å². The van der Waals surface area contributed by atoms with Crippen LogP contribution in [-0.2, 0) is 27.3 Å². The Labute approximate surface area is 289 Å². The topological polar surface area (TPSA) is 140 Å². The summed E-state index contributed by atoms with van der Waals surface area (Å²) in [6.07, 6.45) is 3.16. The highest BCUT2D eigenvalue weighted by Gasteiger charge is 2.26. The van der Waals surface area contributed by atoms with Crippen molar-refractivity contribution in [3.63, 3.8) is 0 Å². The van der Waals surface area contributed by atoms with Gasteiger partial charge in [-0.05, 0) is 54.7 Å². The first-order valence-corrected chi connectivity index (χ1v) is 17.0. The lowest BCUT2D eigenvalue weighted by Gasteiger charge is -2.34. The molecule has 0 saturated carbocycles. The number of carboxylic acid groups (broad SMARTS) is 2. The number of ether oxygens (including phenoxy) is 1. The second-order valence-corrected chi connectivity index (χ2v) is 12.0. The smallest absolute Gasteiger partial charge is 0.414 e. The van der Waals surface area contributed by atoms with Gasteiger partial charge in [-0.2, -0.15) is 0 Å². The summed E-state index contributed by atoms with van der Waals surface area (Å²) in [7, 11) is 0. The Balaban J connectivity index is 0.000000992. The fourth-order valence-corrected chi connectivity index (χ4v) is 5.57. The number of carbonyl (C=O) groups is 4. The van der Waals surface area contributed by atoms with E-state index < -0.39 is 18.0 Å². The summed E-state index contributed by atoms with van der Waals surface area (Å²) in [4.78, 5) is 51.7. The molecule has 264 valence electrons. The lowest BCUT2D eigenvalue weighted by atomic mass is 10.0. The van der Waals surface area contributed by atoms with Crippen molar-refractivity contribution in [2.24, 2.45) is 0 Å². The molecule has 0 aliphatic carbocycles. The third kappa shape index (κ3) is 14.1. The van der Waals surface area contributed by atoms with Crippen molar-refractivity contribution in [2.75, 3.05) is 52.4 Å². The Morgan fingerprint density at radius 1 is 0.755 bits per heavy atom. The van der Waals surface area contributed by atoms with Crippen LogP contribution >= 0.6 is 0 Å². The van der Waals surface area contributed by atoms with Crippen LogP contribution in [0.3, 0.4) is 0 Å². The number of nitrogens with one attached hydrogen (secondary N) is 1. The number of rotatable bonds is 16. The van der Waals surface area contributed by atoms with Crippen LogP contribution in [0, 0.1) is 0 Å². The number of nitrogens with zero attached hydrogens (tertiary/aromatic N) is 3. The molecule has 11 heteroatoms. The van der Waals surface area contributed by atoms with Gasteiger partial charge in [-0.1, -0.05) is 74.5 Å². The maximum absolute atomic E-state index is 13.5. The van der Waals surface area contributed by atoms with Gasteiger partial charge in [0.25, 0.3) is 5.91 Å². The summed E-state index contributed by atoms with van der Waals surface area (Å²) in [5, 5.41) is 17.8. The molecule has 4 rings (SSSR count). The molecule has 3 N–H and O–H groups in total. The molecule has 1 saturated heterocycles. The normalized spacial score (nSPS) is 13.8. The predicted octanol–water partition coefficient (Wildman–Crippen LogP) is 4.42. The number of piperazine rings is 1. The van der Waals surface area contributed by atoms with Crippen LogP contribution in [0.25, 0.3) is 0 Å². The standard InChI is InChI=1S/C36H48N4O3.C2H2O4/c1-3-20-40(21-4-2)36(42)34(37-35(41)32-14-9-6-10-15-32)28-30-16-18-33(19-17-30)43-27-11-22-38-23-25-39(26-24-38)29-31-12-7-5-8-13-31;3-1(4)2(5)6/h5-10,12-19,34H,3-4,11,20-29H2,1-2H3,(H,37,41);(H,3,4)(H,5,6). The van der Waals surface area contributed by atoms with Crippen molar-refractivity contribution in [1.29, 1.82) is 0 Å². The van der Waals surface area contributed by atoms with Gasteiger partial charge in [0.15, 0.2) is 0 Å². The second kappa shape index (κ2) is 21.3. The van der Waals surface area contributed by atoms with Crippen LogP contribution in [0.5, 0.6) is 5.75 Å². The van der Waals surface area contributed by atoms with E-state index in [1.165, 1.54) is 5.56 Å². The van der Waals surface area contributed by atoms with Crippen molar-refractivity contribution in [1.82, 2.24) is 20.0 Å². The van der Waals surface area contributed by atoms with Gasteiger partial charge >= 0.3 is 11.9 Å². The van der Waals surface area contributed by atoms with Gasteiger partial charge in [-0.3, -0.25) is 14.5 Å². The minimum Gasteiger partial charge on any atom is -0.494 e. The Kier molecular flexibility index (Phi) is 16.8. The van der Waals surface area contributed by atoms with E-state index in [4.69, 9.17) is 24.5 Å². The Bertz CT molecular complexity index is 1410. The average molecular weight is 675 g/mol. The predicted molar refractivity (Wildman–Crippen MR) is 189 cm³/mol. The van der Waals surface area contributed by atoms with E-state index >= 15 is 0 Å². The zero-order valence-electron chi connectivity index (χ0n) is 28.6. The monoisotopic (exact) mass is 674 g/mol. The van der Waals surface area contributed by atoms with Crippen molar-refractivity contribution >= 4 is 23.8 Å². The maximum atomic E-state index is 13.5. The second-order valence-electron chi connectivity index (χ2n) is 12.0. The molecular weight excluding hydrogens is 624 g/mol. The Morgan fingerprint density at radius 2 is 1.31 bits per heavy atom. The van der Waals surface area contributed by atoms with Gasteiger partial charge in [0.2, 0.25) is 5.91 Å². The van der Waals surface area contributed by atoms with E-state index in [1.54, 1.807) is 12.1 Å². The Hall–Kier alpha value is -4.74. The third-order valence-corrected chi connectivity index (χ3v) is 8.09. The first-order chi connectivity index (χ1) is 23.7. The van der Waals surface area contributed by atoms with E-state index in [1.807, 2.05) is 47.4 Å². The fraction of sp³-hybridized carbons (Fsp3) is 0.421. The number of carbonyl (C=O) groups excluding carboxylic acids is 2. The lowest BCUT2D eigenvalue weighted by molar-refractivity contribution is -0.159. The quantitative estimate of drug-likeness (QED) is 0.149. The molecule has 0 spiro atoms. The largest absolute Gasteiger partial charge is 0.494 e. The molecule has 3 aromatic rings. The molecule has 0 aromatic heterocycles. The minimum atomic E-state index is -1.82. The molecule has 11 nitrogen and oxygen atoms in total. The van der Waals surface area contributed by atoms with Gasteiger partial charge in [-0.15, -0.1) is 0 Å². The van der Waals surface area contributed by atoms with Gasteiger partial charge in [0.1, 0.15) is 11.8 Å². The minimum absolute atomic E-state index is 0.0331. The third-order valence-electron chi connectivity index (χ3n) is 8.09. The first-order valence-electron chi connectivity index (χ1n) is 17.0. The lowest BCUT2D eigenvalue weighted by Crippen LogP contribution is -2.50. The van der Waals surface area contributed by atoms with Crippen LogP contribution in [0.15, 0.2) is 84.9 Å². The van der Waals surface area contributed by atoms with Crippen LogP contribution in [-0.4, -0.2) is 107 Å². The summed E-state index contributed by atoms with van der Waals surface area (Å²) in [5.41, 5.74) is 2.92. The van der Waals surface area contributed by atoms with E-state index in [0.29, 0.717) is 31.7 Å². The van der Waals surface area contributed by atoms with Crippen molar-refractivity contribution in [3.8, 4) is 5.75 Å². The number of hydrogen-bond donors (Lipinski definition) is 3. The van der Waals surface area contributed by atoms with Crippen molar-refractivity contribution in [2.45, 2.75) is 52.1 Å². The average Bonchev–Trinajstić information content (AvgIpc) is 3.12. The van der Waals surface area contributed by atoms with Crippen molar-refractivity contribution < 1.29 is 34.1 Å². The van der Waals surface area contributed by atoms with Gasteiger partial charge in [0.05, 0.1) is 6.61 Å². The zero-order chi connectivity index (χ0) is 35.4. The fourth-order valence-electron chi connectivity index (χ4n) is 5.57. The molecule has 1 aliphatic heterocycles. The molecule has 0 bridgehead atoms. The zero-order valence-corrected chi connectivity index (χ0v) is 28.6. The number of hydrogen-bond acceptors (Lipinski definition) is 7. The molecule has 0 radical (unpaired) electrons. The SMILES string of the molecule is CCCN(CCC)C(=O)C(Cc1ccc(OCCCN2CCN(Cc3ccccc3)CC2)cc1)NC(=O)c1ccccc1.O=C(O)C(=O)O. The molecule has 1 fully saturated rings. The molecule has 49 heavy (non-hydrogen) atoms. The molecule has 1 atom stereocenters. The highest BCUT2D eigenvalue weighted by molar-refractivity contribution is 6.27. The van der Waals surface area contributed by atoms with Crippen molar-refractivity contribution in [3.05, 3.63) is 102 Å². The van der Waals surface area contributed by atoms with Crippen LogP contribution in [0.4, 0.5) is 0 Å². The Morgan fingerprint density at radius 3 is 1.86 bits per heavy atom. The maximum Gasteiger partial charge on any atom is 0.414 e. The highest BCUT2D eigenvalue weighted by Crippen LogP contribution is 2.16. The van der Waals surface area contributed by atoms with Gasteiger partial charge in [-0.25, -0.2) is 9.59 Å². The van der Waals surface area contributed by atoms with Crippen LogP contribution < -0.4 is 10.1 Å². The summed E-state index contributed by atoms with van der Waals surface area (Å²) in [6.45, 7) is 12.6. The number of amides is 2. The molecule has 1 aliphatic rings. The van der Waals surface area contributed by atoms with E-state index in [-0.39, 0.29) is 11.8 Å². The van der Waals surface area contributed by atoms with E-state index in [2.05, 4.69) is 59.3 Å². The van der Waals surface area contributed by atoms with E-state index in [0.717, 1.165) is 69.8 Å². The first kappa shape index (κ1) is 38.7. The summed E-state index contributed by atoms with van der Waals surface area (Å²) in [5.74, 6) is -3.09.